The summed E-state index contributed by atoms with van der Waals surface area (Å²) in [5.74, 6) is 1.90. The monoisotopic (exact) mass is 653 g/mol. The summed E-state index contributed by atoms with van der Waals surface area (Å²) in [6.07, 6.45) is 6.77. The van der Waals surface area contributed by atoms with E-state index in [1.165, 1.54) is 22.3 Å². The van der Waals surface area contributed by atoms with Gasteiger partial charge in [0.2, 0.25) is 0 Å². The van der Waals surface area contributed by atoms with Crippen LogP contribution in [-0.4, -0.2) is 15.0 Å². The fraction of sp³-hybridized carbons (Fsp3) is 0.0426. The van der Waals surface area contributed by atoms with Gasteiger partial charge in [0.1, 0.15) is 11.2 Å². The highest BCUT2D eigenvalue weighted by Gasteiger charge is 2.19. The maximum atomic E-state index is 6.60. The normalized spacial score (nSPS) is 12.5. The number of hydrogen-bond donors (Lipinski definition) is 0. The van der Waals surface area contributed by atoms with E-state index in [1.807, 2.05) is 60.7 Å². The number of aromatic nitrogens is 3. The molecular weight excluding hydrogens is 623 g/mol. The molecule has 0 unspecified atom stereocenters. The maximum Gasteiger partial charge on any atom is 0.164 e. The Morgan fingerprint density at radius 3 is 1.82 bits per heavy atom. The Balaban J connectivity index is 1.13. The van der Waals surface area contributed by atoms with Gasteiger partial charge in [0.25, 0.3) is 0 Å². The Morgan fingerprint density at radius 2 is 1.08 bits per heavy atom. The summed E-state index contributed by atoms with van der Waals surface area (Å²) < 4.78 is 6.60. The molecule has 0 saturated carbocycles. The van der Waals surface area contributed by atoms with Gasteiger partial charge < -0.3 is 4.42 Å². The molecule has 4 nitrogen and oxygen atoms in total. The number of nitrogens with zero attached hydrogens (tertiary/aromatic N) is 3. The summed E-state index contributed by atoms with van der Waals surface area (Å²) in [5.41, 5.74) is 12.1. The number of allylic oxidation sites excluding steroid dienone is 1. The SMILES string of the molecule is C1=Cc2c(cccc2-c2ccc(-c3ccc4oc5c6ccccc6c(-c6nc(-c7ccccc7)nc(-c7ccccc7)n6)cc5c4c3)cc2)CC1. The molecule has 0 fully saturated rings. The first-order chi connectivity index (χ1) is 25.3. The zero-order valence-corrected chi connectivity index (χ0v) is 27.8. The predicted molar refractivity (Wildman–Crippen MR) is 209 cm³/mol. The molecule has 0 bridgehead atoms. The molecule has 0 spiro atoms. The Labute approximate surface area is 295 Å². The standard InChI is InChI=1S/C47H31N3O/c1-3-13-33(14-4-1)45-48-46(34-15-5-2-6-16-34)50-47(49-45)42-29-41-40-28-35(26-27-43(40)51-44(41)39-20-10-9-19-38(39)42)30-22-24-32(25-23-30)37-21-11-17-31-12-7-8-18-36(31)37/h1-6,8-11,13-29H,7,12H2. The highest BCUT2D eigenvalue weighted by molar-refractivity contribution is 6.19. The van der Waals surface area contributed by atoms with Crippen LogP contribution in [0.1, 0.15) is 17.5 Å². The second-order valence-corrected chi connectivity index (χ2v) is 13.1. The van der Waals surface area contributed by atoms with Gasteiger partial charge in [-0.1, -0.05) is 146 Å². The third-order valence-electron chi connectivity index (χ3n) is 10.0. The van der Waals surface area contributed by atoms with Crippen LogP contribution >= 0.6 is 0 Å². The maximum absolute atomic E-state index is 6.60. The highest BCUT2D eigenvalue weighted by atomic mass is 16.3. The molecule has 0 atom stereocenters. The van der Waals surface area contributed by atoms with Crippen LogP contribution < -0.4 is 0 Å². The Morgan fingerprint density at radius 1 is 0.431 bits per heavy atom. The van der Waals surface area contributed by atoms with Crippen molar-refractivity contribution in [1.29, 1.82) is 0 Å². The van der Waals surface area contributed by atoms with E-state index in [0.29, 0.717) is 17.5 Å². The van der Waals surface area contributed by atoms with Crippen molar-refractivity contribution < 1.29 is 4.42 Å². The van der Waals surface area contributed by atoms with E-state index in [4.69, 9.17) is 19.4 Å². The molecule has 51 heavy (non-hydrogen) atoms. The molecule has 2 heterocycles. The van der Waals surface area contributed by atoms with E-state index in [2.05, 4.69) is 103 Å². The van der Waals surface area contributed by atoms with Gasteiger partial charge in [0, 0.05) is 32.8 Å². The van der Waals surface area contributed by atoms with E-state index in [-0.39, 0.29) is 0 Å². The smallest absolute Gasteiger partial charge is 0.164 e. The lowest BCUT2D eigenvalue weighted by atomic mass is 9.89. The quantitative estimate of drug-likeness (QED) is 0.185. The van der Waals surface area contributed by atoms with Crippen LogP contribution in [0.25, 0.3) is 95.2 Å². The molecular formula is C47H31N3O. The molecule has 1 aliphatic carbocycles. The van der Waals surface area contributed by atoms with Gasteiger partial charge in [-0.25, -0.2) is 15.0 Å². The molecule has 10 rings (SSSR count). The number of furan rings is 1. The summed E-state index contributed by atoms with van der Waals surface area (Å²) in [6, 6.07) is 52.9. The zero-order chi connectivity index (χ0) is 33.7. The average molecular weight is 654 g/mol. The molecule has 1 aliphatic rings. The molecule has 0 aliphatic heterocycles. The van der Waals surface area contributed by atoms with Crippen LogP contribution in [0.3, 0.4) is 0 Å². The number of rotatable bonds is 5. The lowest BCUT2D eigenvalue weighted by molar-refractivity contribution is 0.673. The Kier molecular flexibility index (Phi) is 6.91. The first-order valence-electron chi connectivity index (χ1n) is 17.4. The van der Waals surface area contributed by atoms with Crippen LogP contribution in [0.2, 0.25) is 0 Å². The van der Waals surface area contributed by atoms with E-state index >= 15 is 0 Å². The first kappa shape index (κ1) is 29.3. The second kappa shape index (κ2) is 12.0. The molecule has 240 valence electrons. The fourth-order valence-corrected chi connectivity index (χ4v) is 7.45. The first-order valence-corrected chi connectivity index (χ1v) is 17.4. The van der Waals surface area contributed by atoms with Gasteiger partial charge in [-0.3, -0.25) is 0 Å². The topological polar surface area (TPSA) is 51.8 Å². The number of aryl methyl sites for hydroxylation is 1. The predicted octanol–water partition coefficient (Wildman–Crippen LogP) is 12.2. The zero-order valence-electron chi connectivity index (χ0n) is 27.8. The highest BCUT2D eigenvalue weighted by Crippen LogP contribution is 2.41. The summed E-state index contributed by atoms with van der Waals surface area (Å²) in [6.45, 7) is 0. The van der Waals surface area contributed by atoms with Crippen LogP contribution in [0.5, 0.6) is 0 Å². The van der Waals surface area contributed by atoms with Crippen molar-refractivity contribution in [3.63, 3.8) is 0 Å². The largest absolute Gasteiger partial charge is 0.455 e. The molecule has 4 heteroatoms. The van der Waals surface area contributed by atoms with Crippen molar-refractivity contribution in [2.75, 3.05) is 0 Å². The van der Waals surface area contributed by atoms with Gasteiger partial charge in [0.15, 0.2) is 17.5 Å². The molecule has 0 radical (unpaired) electrons. The molecule has 0 saturated heterocycles. The second-order valence-electron chi connectivity index (χ2n) is 13.1. The number of fused-ring (bicyclic) bond motifs is 6. The van der Waals surface area contributed by atoms with Crippen LogP contribution in [-0.2, 0) is 6.42 Å². The van der Waals surface area contributed by atoms with E-state index < -0.39 is 0 Å². The van der Waals surface area contributed by atoms with Gasteiger partial charge in [-0.2, -0.15) is 0 Å². The van der Waals surface area contributed by atoms with Gasteiger partial charge in [0.05, 0.1) is 0 Å². The lowest BCUT2D eigenvalue weighted by Crippen LogP contribution is -2.00. The van der Waals surface area contributed by atoms with E-state index in [0.717, 1.165) is 73.4 Å². The number of benzene rings is 7. The summed E-state index contributed by atoms with van der Waals surface area (Å²) in [4.78, 5) is 15.1. The summed E-state index contributed by atoms with van der Waals surface area (Å²) >= 11 is 0. The molecule has 7 aromatic carbocycles. The summed E-state index contributed by atoms with van der Waals surface area (Å²) in [7, 11) is 0. The van der Waals surface area contributed by atoms with Crippen molar-refractivity contribution >= 4 is 38.8 Å². The van der Waals surface area contributed by atoms with Crippen molar-refractivity contribution in [3.05, 3.63) is 169 Å². The molecule has 9 aromatic rings. The van der Waals surface area contributed by atoms with Crippen molar-refractivity contribution in [3.8, 4) is 56.4 Å². The molecule has 0 amide bonds. The van der Waals surface area contributed by atoms with Crippen molar-refractivity contribution in [2.45, 2.75) is 12.8 Å². The van der Waals surface area contributed by atoms with Crippen LogP contribution in [0, 0.1) is 0 Å². The third-order valence-corrected chi connectivity index (χ3v) is 10.0. The Bertz CT molecular complexity index is 2720. The number of hydrogen-bond acceptors (Lipinski definition) is 4. The van der Waals surface area contributed by atoms with E-state index in [9.17, 15) is 0 Å². The van der Waals surface area contributed by atoms with Crippen LogP contribution in [0.4, 0.5) is 0 Å². The summed E-state index contributed by atoms with van der Waals surface area (Å²) in [5, 5.41) is 4.14. The average Bonchev–Trinajstić information content (AvgIpc) is 3.59. The lowest BCUT2D eigenvalue weighted by Gasteiger charge is -2.15. The minimum absolute atomic E-state index is 0.625. The van der Waals surface area contributed by atoms with Crippen molar-refractivity contribution in [2.24, 2.45) is 0 Å². The van der Waals surface area contributed by atoms with Gasteiger partial charge in [-0.05, 0) is 69.8 Å². The van der Waals surface area contributed by atoms with Gasteiger partial charge >= 0.3 is 0 Å². The molecule has 0 N–H and O–H groups in total. The van der Waals surface area contributed by atoms with Gasteiger partial charge in [-0.15, -0.1) is 0 Å². The minimum atomic E-state index is 0.625. The third kappa shape index (κ3) is 5.12. The van der Waals surface area contributed by atoms with E-state index in [1.54, 1.807) is 0 Å². The van der Waals surface area contributed by atoms with Crippen LogP contribution in [0.15, 0.2) is 162 Å². The van der Waals surface area contributed by atoms with Crippen molar-refractivity contribution in [1.82, 2.24) is 15.0 Å². The fourth-order valence-electron chi connectivity index (χ4n) is 7.45. The minimum Gasteiger partial charge on any atom is -0.455 e. The molecule has 2 aromatic heterocycles. The Hall–Kier alpha value is -6.65.